The molecule has 0 aliphatic heterocycles. The van der Waals surface area contributed by atoms with E-state index in [-0.39, 0.29) is 12.5 Å². The molecule has 1 N–H and O–H groups in total. The van der Waals surface area contributed by atoms with E-state index in [1.807, 2.05) is 0 Å². The van der Waals surface area contributed by atoms with E-state index in [0.717, 1.165) is 17.3 Å². The molecule has 0 atom stereocenters. The van der Waals surface area contributed by atoms with Gasteiger partial charge >= 0.3 is 0 Å². The lowest BCUT2D eigenvalue weighted by molar-refractivity contribution is -0.123. The van der Waals surface area contributed by atoms with Crippen molar-refractivity contribution in [3.8, 4) is 5.75 Å². The molecule has 2 rings (SSSR count). The van der Waals surface area contributed by atoms with Crippen LogP contribution >= 0.6 is 27.5 Å². The zero-order chi connectivity index (χ0) is 15.1. The van der Waals surface area contributed by atoms with Crippen LogP contribution in [0.5, 0.6) is 5.75 Å². The van der Waals surface area contributed by atoms with E-state index in [9.17, 15) is 4.79 Å². The van der Waals surface area contributed by atoms with E-state index in [2.05, 4.69) is 21.2 Å². The van der Waals surface area contributed by atoms with Crippen molar-refractivity contribution in [2.45, 2.75) is 51.0 Å². The van der Waals surface area contributed by atoms with Gasteiger partial charge in [-0.2, -0.15) is 0 Å². The van der Waals surface area contributed by atoms with Crippen LogP contribution in [0.4, 0.5) is 0 Å². The van der Waals surface area contributed by atoms with Crippen molar-refractivity contribution >= 4 is 33.4 Å². The summed E-state index contributed by atoms with van der Waals surface area (Å²) in [5.74, 6) is 0.578. The van der Waals surface area contributed by atoms with Gasteiger partial charge in [0.25, 0.3) is 5.91 Å². The summed E-state index contributed by atoms with van der Waals surface area (Å²) in [5, 5.41) is 3.72. The fraction of sp³-hybridized carbons (Fsp3) is 0.562. The van der Waals surface area contributed by atoms with E-state index < -0.39 is 0 Å². The second-order valence-corrected chi connectivity index (χ2v) is 6.76. The lowest BCUT2D eigenvalue weighted by Crippen LogP contribution is -2.38. The van der Waals surface area contributed by atoms with Crippen molar-refractivity contribution in [2.75, 3.05) is 6.61 Å². The zero-order valence-electron chi connectivity index (χ0n) is 12.0. The minimum atomic E-state index is -0.0533. The Hall–Kier alpha value is -0.740. The topological polar surface area (TPSA) is 38.3 Å². The van der Waals surface area contributed by atoms with Crippen molar-refractivity contribution < 1.29 is 9.53 Å². The fourth-order valence-corrected chi connectivity index (χ4v) is 3.40. The quantitative estimate of drug-likeness (QED) is 0.829. The first-order valence-corrected chi connectivity index (χ1v) is 8.69. The first-order chi connectivity index (χ1) is 10.1. The molecule has 0 heterocycles. The Labute approximate surface area is 139 Å². The summed E-state index contributed by atoms with van der Waals surface area (Å²) in [5.41, 5.74) is 0. The maximum atomic E-state index is 12.0. The lowest BCUT2D eigenvalue weighted by Gasteiger charge is -2.21. The first-order valence-electron chi connectivity index (χ1n) is 7.52. The van der Waals surface area contributed by atoms with Crippen LogP contribution in [0.2, 0.25) is 5.02 Å². The highest BCUT2D eigenvalue weighted by Crippen LogP contribution is 2.27. The number of benzene rings is 1. The number of hydrogen-bond donors (Lipinski definition) is 1. The molecule has 0 aromatic heterocycles. The van der Waals surface area contributed by atoms with Gasteiger partial charge in [0.15, 0.2) is 6.61 Å². The van der Waals surface area contributed by atoms with Crippen LogP contribution in [0.25, 0.3) is 0 Å². The lowest BCUT2D eigenvalue weighted by atomic mass is 9.97. The van der Waals surface area contributed by atoms with Crippen LogP contribution in [-0.4, -0.2) is 18.6 Å². The third-order valence-electron chi connectivity index (χ3n) is 3.72. The van der Waals surface area contributed by atoms with Crippen LogP contribution < -0.4 is 10.1 Å². The maximum absolute atomic E-state index is 12.0. The van der Waals surface area contributed by atoms with Crippen LogP contribution in [0.1, 0.15) is 44.9 Å². The third-order valence-corrected chi connectivity index (χ3v) is 4.58. The van der Waals surface area contributed by atoms with E-state index in [1.165, 1.54) is 32.1 Å². The molecular weight excluding hydrogens is 354 g/mol. The number of amides is 1. The summed E-state index contributed by atoms with van der Waals surface area (Å²) in [7, 11) is 0. The standard InChI is InChI=1S/C16H21BrClNO2/c17-14-10-12(18)8-9-15(14)21-11-16(20)19-13-6-4-2-1-3-5-7-13/h8-10,13H,1-7,11H2,(H,19,20). The molecule has 1 aliphatic rings. The molecule has 1 aromatic carbocycles. The molecule has 21 heavy (non-hydrogen) atoms. The average molecular weight is 375 g/mol. The number of nitrogens with one attached hydrogen (secondary N) is 1. The SMILES string of the molecule is O=C(COc1ccc(Cl)cc1Br)NC1CCCCCCC1. The fourth-order valence-electron chi connectivity index (χ4n) is 2.61. The van der Waals surface area contributed by atoms with Crippen molar-refractivity contribution in [1.82, 2.24) is 5.32 Å². The Bertz CT molecular complexity index is 473. The summed E-state index contributed by atoms with van der Waals surface area (Å²) < 4.78 is 6.29. The molecule has 5 heteroatoms. The Balaban J connectivity index is 1.78. The van der Waals surface area contributed by atoms with Crippen molar-refractivity contribution in [1.29, 1.82) is 0 Å². The second-order valence-electron chi connectivity index (χ2n) is 5.47. The molecule has 3 nitrogen and oxygen atoms in total. The third kappa shape index (κ3) is 5.87. The molecule has 116 valence electrons. The number of hydrogen-bond acceptors (Lipinski definition) is 2. The molecule has 0 bridgehead atoms. The van der Waals surface area contributed by atoms with Gasteiger partial charge in [0.05, 0.1) is 4.47 Å². The number of halogens is 2. The number of carbonyl (C=O) groups is 1. The molecule has 0 saturated heterocycles. The Morgan fingerprint density at radius 2 is 1.90 bits per heavy atom. The monoisotopic (exact) mass is 373 g/mol. The predicted octanol–water partition coefficient (Wildman–Crippen LogP) is 4.71. The van der Waals surface area contributed by atoms with E-state index >= 15 is 0 Å². The van der Waals surface area contributed by atoms with Crippen molar-refractivity contribution in [3.63, 3.8) is 0 Å². The zero-order valence-corrected chi connectivity index (χ0v) is 14.4. The highest BCUT2D eigenvalue weighted by Gasteiger charge is 2.14. The molecule has 1 aromatic rings. The summed E-state index contributed by atoms with van der Waals surface area (Å²) in [6, 6.07) is 5.56. The minimum Gasteiger partial charge on any atom is -0.483 e. The van der Waals surface area contributed by atoms with E-state index in [1.54, 1.807) is 18.2 Å². The van der Waals surface area contributed by atoms with Crippen molar-refractivity contribution in [3.05, 3.63) is 27.7 Å². The molecule has 1 saturated carbocycles. The Kier molecular flexibility index (Phi) is 6.84. The van der Waals surface area contributed by atoms with Gasteiger partial charge in [0.1, 0.15) is 5.75 Å². The number of rotatable bonds is 4. The maximum Gasteiger partial charge on any atom is 0.258 e. The van der Waals surface area contributed by atoms with Crippen LogP contribution in [0, 0.1) is 0 Å². The van der Waals surface area contributed by atoms with Crippen LogP contribution in [0.15, 0.2) is 22.7 Å². The molecule has 1 amide bonds. The van der Waals surface area contributed by atoms with Gasteiger partial charge in [0.2, 0.25) is 0 Å². The first kappa shape index (κ1) is 16.6. The van der Waals surface area contributed by atoms with Gasteiger partial charge < -0.3 is 10.1 Å². The number of carbonyl (C=O) groups excluding carboxylic acids is 1. The van der Waals surface area contributed by atoms with Crippen LogP contribution in [-0.2, 0) is 4.79 Å². The highest BCUT2D eigenvalue weighted by atomic mass is 79.9. The second kappa shape index (κ2) is 8.64. The van der Waals surface area contributed by atoms with Gasteiger partial charge in [0, 0.05) is 11.1 Å². The van der Waals surface area contributed by atoms with Gasteiger partial charge in [-0.25, -0.2) is 0 Å². The molecule has 0 radical (unpaired) electrons. The summed E-state index contributed by atoms with van der Waals surface area (Å²) in [4.78, 5) is 12.0. The van der Waals surface area contributed by atoms with Gasteiger partial charge in [-0.3, -0.25) is 4.79 Å². The van der Waals surface area contributed by atoms with E-state index in [4.69, 9.17) is 16.3 Å². The molecule has 1 fully saturated rings. The van der Waals surface area contributed by atoms with Gasteiger partial charge in [-0.05, 0) is 47.0 Å². The minimum absolute atomic E-state index is 0.0384. The molecular formula is C16H21BrClNO2. The Morgan fingerprint density at radius 1 is 1.24 bits per heavy atom. The molecule has 1 aliphatic carbocycles. The Morgan fingerprint density at radius 3 is 2.57 bits per heavy atom. The average Bonchev–Trinajstić information content (AvgIpc) is 2.41. The highest BCUT2D eigenvalue weighted by molar-refractivity contribution is 9.10. The molecule has 0 spiro atoms. The van der Waals surface area contributed by atoms with Gasteiger partial charge in [-0.1, -0.05) is 43.7 Å². The number of ether oxygens (including phenoxy) is 1. The van der Waals surface area contributed by atoms with E-state index in [0.29, 0.717) is 16.8 Å². The normalized spacial score (nSPS) is 16.9. The summed E-state index contributed by atoms with van der Waals surface area (Å²) >= 11 is 9.25. The summed E-state index contributed by atoms with van der Waals surface area (Å²) in [6.07, 6.45) is 8.45. The van der Waals surface area contributed by atoms with Crippen LogP contribution in [0.3, 0.4) is 0 Å². The molecule has 0 unspecified atom stereocenters. The van der Waals surface area contributed by atoms with Gasteiger partial charge in [-0.15, -0.1) is 0 Å². The van der Waals surface area contributed by atoms with Crippen molar-refractivity contribution in [2.24, 2.45) is 0 Å². The summed E-state index contributed by atoms with van der Waals surface area (Å²) in [6.45, 7) is 0.0384. The largest absolute Gasteiger partial charge is 0.483 e. The smallest absolute Gasteiger partial charge is 0.258 e. The predicted molar refractivity (Wildman–Crippen MR) is 88.9 cm³/mol.